The maximum atomic E-state index is 13.0. The van der Waals surface area contributed by atoms with Crippen LogP contribution < -0.4 is 4.74 Å². The van der Waals surface area contributed by atoms with E-state index in [9.17, 15) is 4.79 Å². The second-order valence-corrected chi connectivity index (χ2v) is 8.33. The zero-order valence-electron chi connectivity index (χ0n) is 18.7. The van der Waals surface area contributed by atoms with Crippen molar-refractivity contribution in [2.24, 2.45) is 0 Å². The molecule has 4 rings (SSSR count). The summed E-state index contributed by atoms with van der Waals surface area (Å²) in [6.45, 7) is 3.24. The van der Waals surface area contributed by atoms with E-state index >= 15 is 0 Å². The van der Waals surface area contributed by atoms with Gasteiger partial charge in [0.25, 0.3) is 0 Å². The number of carbonyl (C=O) groups excluding carboxylic acids is 1. The van der Waals surface area contributed by atoms with Crippen LogP contribution in [-0.4, -0.2) is 45.0 Å². The number of hydrogen-bond donors (Lipinski definition) is 0. The third-order valence-electron chi connectivity index (χ3n) is 5.25. The maximum absolute atomic E-state index is 13.0. The molecule has 0 spiro atoms. The van der Waals surface area contributed by atoms with Crippen LogP contribution in [0.1, 0.15) is 12.5 Å². The first kappa shape index (κ1) is 22.6. The summed E-state index contributed by atoms with van der Waals surface area (Å²) in [7, 11) is 1.64. The van der Waals surface area contributed by atoms with Crippen LogP contribution in [0, 0.1) is 0 Å². The Balaban J connectivity index is 1.58. The fraction of sp³-hybridized carbons (Fsp3) is 0.192. The molecule has 33 heavy (non-hydrogen) atoms. The van der Waals surface area contributed by atoms with Crippen molar-refractivity contribution in [1.29, 1.82) is 0 Å². The molecule has 1 aromatic heterocycles. The van der Waals surface area contributed by atoms with Gasteiger partial charge in [0.15, 0.2) is 11.0 Å². The summed E-state index contributed by atoms with van der Waals surface area (Å²) in [5.74, 6) is 1.80. The second-order valence-electron chi connectivity index (χ2n) is 7.39. The third-order valence-corrected chi connectivity index (χ3v) is 6.16. The van der Waals surface area contributed by atoms with Gasteiger partial charge in [0.2, 0.25) is 5.91 Å². The molecular formula is C26H26N4O2S. The Hall–Kier alpha value is -3.58. The van der Waals surface area contributed by atoms with Crippen LogP contribution in [-0.2, 0) is 11.3 Å². The second kappa shape index (κ2) is 10.8. The van der Waals surface area contributed by atoms with Crippen LogP contribution in [0.4, 0.5) is 0 Å². The number of carbonyl (C=O) groups is 1. The average Bonchev–Trinajstić information content (AvgIpc) is 3.31. The first-order chi connectivity index (χ1) is 16.2. The van der Waals surface area contributed by atoms with E-state index in [1.807, 2.05) is 101 Å². The summed E-state index contributed by atoms with van der Waals surface area (Å²) in [5.41, 5.74) is 2.94. The fourth-order valence-electron chi connectivity index (χ4n) is 3.52. The number of rotatable bonds is 9. The molecule has 4 aromatic rings. The standard InChI is InChI=1S/C26H26N4O2S/c1-3-29(18-20-11-6-4-7-12-20)24(31)19-33-26-28-27-25(21-13-10-16-23(17-21)32-2)30(26)22-14-8-5-9-15-22/h4-17H,3,18-19H2,1-2H3. The highest BCUT2D eigenvalue weighted by Gasteiger charge is 2.19. The van der Waals surface area contributed by atoms with Crippen LogP contribution >= 0.6 is 11.8 Å². The first-order valence-electron chi connectivity index (χ1n) is 10.8. The molecule has 3 aromatic carbocycles. The lowest BCUT2D eigenvalue weighted by atomic mass is 10.2. The van der Waals surface area contributed by atoms with Crippen LogP contribution in [0.5, 0.6) is 5.75 Å². The van der Waals surface area contributed by atoms with Gasteiger partial charge in [-0.3, -0.25) is 9.36 Å². The lowest BCUT2D eigenvalue weighted by Gasteiger charge is -2.21. The zero-order chi connectivity index (χ0) is 23.0. The molecule has 0 saturated heterocycles. The van der Waals surface area contributed by atoms with Gasteiger partial charge in [-0.15, -0.1) is 10.2 Å². The van der Waals surface area contributed by atoms with Crippen molar-refractivity contribution in [3.63, 3.8) is 0 Å². The number of benzene rings is 3. The highest BCUT2D eigenvalue weighted by Crippen LogP contribution is 2.29. The molecule has 1 heterocycles. The molecule has 0 atom stereocenters. The van der Waals surface area contributed by atoms with E-state index in [-0.39, 0.29) is 11.7 Å². The summed E-state index contributed by atoms with van der Waals surface area (Å²) in [6, 6.07) is 27.7. The lowest BCUT2D eigenvalue weighted by molar-refractivity contribution is -0.128. The van der Waals surface area contributed by atoms with Crippen molar-refractivity contribution in [2.75, 3.05) is 19.4 Å². The molecule has 0 bridgehead atoms. The molecule has 0 saturated carbocycles. The fourth-order valence-corrected chi connectivity index (χ4v) is 4.37. The van der Waals surface area contributed by atoms with E-state index < -0.39 is 0 Å². The molecule has 0 aliphatic rings. The quantitative estimate of drug-likeness (QED) is 0.327. The number of hydrogen-bond acceptors (Lipinski definition) is 5. The number of amides is 1. The number of thioether (sulfide) groups is 1. The first-order valence-corrected chi connectivity index (χ1v) is 11.8. The molecule has 6 nitrogen and oxygen atoms in total. The third kappa shape index (κ3) is 5.43. The summed E-state index contributed by atoms with van der Waals surface area (Å²) >= 11 is 1.40. The Labute approximate surface area is 198 Å². The smallest absolute Gasteiger partial charge is 0.233 e. The summed E-state index contributed by atoms with van der Waals surface area (Å²) < 4.78 is 7.37. The van der Waals surface area contributed by atoms with Crippen LogP contribution in [0.25, 0.3) is 17.1 Å². The Morgan fingerprint density at radius 3 is 2.39 bits per heavy atom. The van der Waals surface area contributed by atoms with Gasteiger partial charge in [-0.1, -0.05) is 72.4 Å². The van der Waals surface area contributed by atoms with Gasteiger partial charge in [0.05, 0.1) is 12.9 Å². The minimum absolute atomic E-state index is 0.0666. The Morgan fingerprint density at radius 1 is 0.970 bits per heavy atom. The Kier molecular flexibility index (Phi) is 7.42. The van der Waals surface area contributed by atoms with E-state index in [0.29, 0.717) is 24.1 Å². The summed E-state index contributed by atoms with van der Waals surface area (Å²) in [4.78, 5) is 14.8. The number of ether oxygens (including phenoxy) is 1. The SMILES string of the molecule is CCN(Cc1ccccc1)C(=O)CSc1nnc(-c2cccc(OC)c2)n1-c1ccccc1. The molecule has 0 unspecified atom stereocenters. The molecule has 0 fully saturated rings. The van der Waals surface area contributed by atoms with Gasteiger partial charge in [-0.2, -0.15) is 0 Å². The monoisotopic (exact) mass is 458 g/mol. The van der Waals surface area contributed by atoms with E-state index in [1.54, 1.807) is 7.11 Å². The van der Waals surface area contributed by atoms with Gasteiger partial charge in [-0.05, 0) is 36.8 Å². The van der Waals surface area contributed by atoms with Gasteiger partial charge >= 0.3 is 0 Å². The van der Waals surface area contributed by atoms with Crippen molar-refractivity contribution >= 4 is 17.7 Å². The van der Waals surface area contributed by atoms with Gasteiger partial charge < -0.3 is 9.64 Å². The predicted octanol–water partition coefficient (Wildman–Crippen LogP) is 5.08. The van der Waals surface area contributed by atoms with Crippen LogP contribution in [0.2, 0.25) is 0 Å². The summed E-state index contributed by atoms with van der Waals surface area (Å²) in [5, 5.41) is 9.56. The average molecular weight is 459 g/mol. The number of aromatic nitrogens is 3. The van der Waals surface area contributed by atoms with Crippen LogP contribution in [0.15, 0.2) is 90.1 Å². The number of nitrogens with zero attached hydrogens (tertiary/aromatic N) is 4. The van der Waals surface area contributed by atoms with Crippen molar-refractivity contribution in [3.8, 4) is 22.8 Å². The van der Waals surface area contributed by atoms with E-state index in [0.717, 1.165) is 22.6 Å². The number of para-hydroxylation sites is 1. The summed E-state index contributed by atoms with van der Waals surface area (Å²) in [6.07, 6.45) is 0. The molecule has 0 aliphatic heterocycles. The number of methoxy groups -OCH3 is 1. The molecule has 7 heteroatoms. The van der Waals surface area contributed by atoms with E-state index in [1.165, 1.54) is 11.8 Å². The van der Waals surface area contributed by atoms with Gasteiger partial charge in [0, 0.05) is 24.3 Å². The molecule has 0 N–H and O–H groups in total. The van der Waals surface area contributed by atoms with E-state index in [4.69, 9.17) is 4.74 Å². The van der Waals surface area contributed by atoms with Gasteiger partial charge in [-0.25, -0.2) is 0 Å². The normalized spacial score (nSPS) is 10.7. The molecule has 168 valence electrons. The highest BCUT2D eigenvalue weighted by atomic mass is 32.2. The van der Waals surface area contributed by atoms with Crippen LogP contribution in [0.3, 0.4) is 0 Å². The predicted molar refractivity (Wildman–Crippen MR) is 132 cm³/mol. The minimum atomic E-state index is 0.0666. The molecule has 0 aliphatic carbocycles. The highest BCUT2D eigenvalue weighted by molar-refractivity contribution is 7.99. The Bertz CT molecular complexity index is 1200. The molecular weight excluding hydrogens is 432 g/mol. The van der Waals surface area contributed by atoms with Gasteiger partial charge in [0.1, 0.15) is 5.75 Å². The Morgan fingerprint density at radius 2 is 1.70 bits per heavy atom. The maximum Gasteiger partial charge on any atom is 0.233 e. The van der Waals surface area contributed by atoms with Crippen molar-refractivity contribution in [1.82, 2.24) is 19.7 Å². The van der Waals surface area contributed by atoms with Crippen molar-refractivity contribution in [2.45, 2.75) is 18.6 Å². The molecule has 0 radical (unpaired) electrons. The van der Waals surface area contributed by atoms with Crippen molar-refractivity contribution in [3.05, 3.63) is 90.5 Å². The largest absolute Gasteiger partial charge is 0.497 e. The topological polar surface area (TPSA) is 60.3 Å². The minimum Gasteiger partial charge on any atom is -0.497 e. The molecule has 1 amide bonds. The lowest BCUT2D eigenvalue weighted by Crippen LogP contribution is -2.31. The van der Waals surface area contributed by atoms with Crippen molar-refractivity contribution < 1.29 is 9.53 Å². The van der Waals surface area contributed by atoms with E-state index in [2.05, 4.69) is 10.2 Å². The zero-order valence-corrected chi connectivity index (χ0v) is 19.5.